The molecule has 3 aromatic rings. The summed E-state index contributed by atoms with van der Waals surface area (Å²) < 4.78 is 10.0. The number of imidazole rings is 1. The number of hydrogen-bond donors (Lipinski definition) is 0. The molecule has 3 heterocycles. The second kappa shape index (κ2) is 10.4. The van der Waals surface area contributed by atoms with Crippen LogP contribution in [0.2, 0.25) is 13.3 Å². The summed E-state index contributed by atoms with van der Waals surface area (Å²) in [4.78, 5) is 13.6. The van der Waals surface area contributed by atoms with Gasteiger partial charge in [0, 0.05) is 0 Å². The summed E-state index contributed by atoms with van der Waals surface area (Å²) >= 11 is -2.52. The van der Waals surface area contributed by atoms with Crippen LogP contribution < -0.4 is 3.71 Å². The number of nitrogens with zero attached hydrogens (tertiary/aromatic N) is 6. The van der Waals surface area contributed by atoms with Gasteiger partial charge in [0.2, 0.25) is 0 Å². The Morgan fingerprint density at radius 3 is 2.21 bits per heavy atom. The molecular formula is C21H34N6Sn. The van der Waals surface area contributed by atoms with Gasteiger partial charge in [-0.1, -0.05) is 0 Å². The molecule has 0 radical (unpaired) electrons. The van der Waals surface area contributed by atoms with Gasteiger partial charge in [-0.2, -0.15) is 0 Å². The first-order valence-corrected chi connectivity index (χ1v) is 18.4. The molecule has 0 aliphatic heterocycles. The molecule has 0 unspecified atom stereocenters. The fraction of sp³-hybridized carbons (Fsp3) is 0.619. The topological polar surface area (TPSA) is 60.9 Å². The van der Waals surface area contributed by atoms with Crippen molar-refractivity contribution in [1.82, 2.24) is 29.1 Å². The maximum atomic E-state index is 4.82. The molecule has 0 spiro atoms. The molecule has 6 nitrogen and oxygen atoms in total. The Hall–Kier alpha value is -1.44. The number of rotatable bonds is 12. The van der Waals surface area contributed by atoms with Crippen LogP contribution in [0.5, 0.6) is 0 Å². The predicted octanol–water partition coefficient (Wildman–Crippen LogP) is 4.43. The van der Waals surface area contributed by atoms with Gasteiger partial charge in [0.15, 0.2) is 0 Å². The first-order chi connectivity index (χ1) is 13.7. The van der Waals surface area contributed by atoms with Crippen LogP contribution in [0.15, 0.2) is 31.1 Å². The van der Waals surface area contributed by atoms with Gasteiger partial charge in [0.1, 0.15) is 0 Å². The van der Waals surface area contributed by atoms with E-state index in [0.29, 0.717) is 6.54 Å². The number of aromatic nitrogens is 6. The second-order valence-corrected chi connectivity index (χ2v) is 21.0. The number of unbranched alkanes of at least 4 members (excludes halogenated alkanes) is 3. The normalized spacial score (nSPS) is 12.1. The first-order valence-electron chi connectivity index (χ1n) is 10.9. The van der Waals surface area contributed by atoms with Gasteiger partial charge < -0.3 is 0 Å². The van der Waals surface area contributed by atoms with Crippen LogP contribution in [0.1, 0.15) is 65.0 Å². The summed E-state index contributed by atoms with van der Waals surface area (Å²) in [5, 5.41) is 4.19. The minimum absolute atomic E-state index is 0.634. The molecule has 0 fully saturated rings. The van der Waals surface area contributed by atoms with E-state index in [-0.39, 0.29) is 0 Å². The minimum atomic E-state index is -2.52. The fourth-order valence-electron chi connectivity index (χ4n) is 4.17. The monoisotopic (exact) mass is 490 g/mol. The molecule has 7 heteroatoms. The van der Waals surface area contributed by atoms with Crippen molar-refractivity contribution in [2.75, 3.05) is 0 Å². The van der Waals surface area contributed by atoms with Gasteiger partial charge in [0.05, 0.1) is 0 Å². The van der Waals surface area contributed by atoms with E-state index in [1.54, 1.807) is 21.0 Å². The van der Waals surface area contributed by atoms with Crippen LogP contribution >= 0.6 is 0 Å². The SMILES string of the molecule is CCC[CH2][Sn]([CH2]CCC)([CH2]CCC)[c]1cnc2nc(Cn3cncn3)ccn12. The van der Waals surface area contributed by atoms with Crippen LogP contribution in [0.25, 0.3) is 5.78 Å². The summed E-state index contributed by atoms with van der Waals surface area (Å²) in [6.45, 7) is 7.60. The van der Waals surface area contributed by atoms with Crippen molar-refractivity contribution in [2.24, 2.45) is 0 Å². The third-order valence-electron chi connectivity index (χ3n) is 5.80. The summed E-state index contributed by atoms with van der Waals surface area (Å²) in [6, 6.07) is 2.12. The van der Waals surface area contributed by atoms with E-state index in [2.05, 4.69) is 53.7 Å². The average Bonchev–Trinajstić information content (AvgIpc) is 3.38. The third kappa shape index (κ3) is 4.93. The van der Waals surface area contributed by atoms with Crippen LogP contribution in [0.3, 0.4) is 0 Å². The Balaban J connectivity index is 1.95. The zero-order valence-electron chi connectivity index (χ0n) is 17.6. The molecule has 0 aliphatic rings. The molecular weight excluding hydrogens is 455 g/mol. The predicted molar refractivity (Wildman–Crippen MR) is 117 cm³/mol. The molecule has 152 valence electrons. The van der Waals surface area contributed by atoms with Crippen molar-refractivity contribution in [3.05, 3.63) is 36.8 Å². The molecule has 0 N–H and O–H groups in total. The van der Waals surface area contributed by atoms with E-state index in [0.717, 1.165) is 11.5 Å². The average molecular weight is 489 g/mol. The van der Waals surface area contributed by atoms with E-state index >= 15 is 0 Å². The van der Waals surface area contributed by atoms with Crippen LogP contribution in [0, 0.1) is 0 Å². The summed E-state index contributed by atoms with van der Waals surface area (Å²) in [5.41, 5.74) is 0.978. The molecule has 3 aromatic heterocycles. The molecule has 0 atom stereocenters. The van der Waals surface area contributed by atoms with E-state index in [4.69, 9.17) is 9.97 Å². The molecule has 0 saturated heterocycles. The third-order valence-corrected chi connectivity index (χ3v) is 21.2. The van der Waals surface area contributed by atoms with Gasteiger partial charge in [-0.15, -0.1) is 0 Å². The Morgan fingerprint density at radius 1 is 0.964 bits per heavy atom. The van der Waals surface area contributed by atoms with Crippen LogP contribution in [0.4, 0.5) is 0 Å². The molecule has 0 amide bonds. The molecule has 3 rings (SSSR count). The molecule has 28 heavy (non-hydrogen) atoms. The standard InChI is InChI=1S/C9H7N6.3C4H9.Sn/c1-3-14-4-2-11-9(14)13-8(1)5-15-7-10-6-12-15;3*1-3-4-2;/h1-3,6-7H,5H2;3*1,3-4H2,2H3;. The van der Waals surface area contributed by atoms with E-state index < -0.39 is 18.4 Å². The van der Waals surface area contributed by atoms with Crippen molar-refractivity contribution in [3.63, 3.8) is 0 Å². The molecule has 0 bridgehead atoms. The van der Waals surface area contributed by atoms with Crippen molar-refractivity contribution in [2.45, 2.75) is 79.2 Å². The Kier molecular flexibility index (Phi) is 7.88. The molecule has 0 aliphatic carbocycles. The summed E-state index contributed by atoms with van der Waals surface area (Å²) in [5.74, 6) is 0.846. The Labute approximate surface area is 172 Å². The van der Waals surface area contributed by atoms with Gasteiger partial charge in [-0.3, -0.25) is 0 Å². The van der Waals surface area contributed by atoms with Crippen molar-refractivity contribution in [1.29, 1.82) is 0 Å². The molecule has 0 saturated carbocycles. The maximum absolute atomic E-state index is 4.82. The fourth-order valence-corrected chi connectivity index (χ4v) is 20.3. The van der Waals surface area contributed by atoms with Crippen molar-refractivity contribution in [3.8, 4) is 0 Å². The van der Waals surface area contributed by atoms with Gasteiger partial charge >= 0.3 is 173 Å². The van der Waals surface area contributed by atoms with E-state index in [1.807, 2.05) is 0 Å². The van der Waals surface area contributed by atoms with Gasteiger partial charge in [-0.25, -0.2) is 0 Å². The first kappa shape index (κ1) is 21.3. The molecule has 0 aromatic carbocycles. The quantitative estimate of drug-likeness (QED) is 0.354. The van der Waals surface area contributed by atoms with Gasteiger partial charge in [0.25, 0.3) is 0 Å². The summed E-state index contributed by atoms with van der Waals surface area (Å²) in [7, 11) is 0. The van der Waals surface area contributed by atoms with Gasteiger partial charge in [-0.05, 0) is 0 Å². The van der Waals surface area contributed by atoms with Crippen molar-refractivity contribution < 1.29 is 0 Å². The van der Waals surface area contributed by atoms with E-state index in [9.17, 15) is 0 Å². The van der Waals surface area contributed by atoms with E-state index in [1.165, 1.54) is 51.8 Å². The Morgan fingerprint density at radius 2 is 1.64 bits per heavy atom. The van der Waals surface area contributed by atoms with Crippen LogP contribution in [-0.4, -0.2) is 47.5 Å². The van der Waals surface area contributed by atoms with Crippen molar-refractivity contribution >= 4 is 27.9 Å². The zero-order valence-corrected chi connectivity index (χ0v) is 20.5. The summed E-state index contributed by atoms with van der Waals surface area (Å²) in [6.07, 6.45) is 15.6. The zero-order chi connectivity index (χ0) is 19.8. The number of hydrogen-bond acceptors (Lipinski definition) is 4. The van der Waals surface area contributed by atoms with Crippen LogP contribution in [-0.2, 0) is 6.54 Å². The number of fused-ring (bicyclic) bond motifs is 1. The Bertz CT molecular complexity index is 820. The second-order valence-electron chi connectivity index (χ2n) is 7.92.